The molecule has 0 saturated carbocycles. The van der Waals surface area contributed by atoms with E-state index in [0.29, 0.717) is 11.0 Å². The Morgan fingerprint density at radius 2 is 2.00 bits per heavy atom. The lowest BCUT2D eigenvalue weighted by molar-refractivity contribution is -0.869. The van der Waals surface area contributed by atoms with E-state index >= 15 is 0 Å². The normalized spacial score (nSPS) is 16.4. The van der Waals surface area contributed by atoms with E-state index in [4.69, 9.17) is 4.89 Å². The van der Waals surface area contributed by atoms with Crippen LogP contribution in [0.4, 0.5) is 4.79 Å². The Labute approximate surface area is 77.3 Å². The molecule has 6 nitrogen and oxygen atoms in total. The van der Waals surface area contributed by atoms with E-state index in [0.717, 1.165) is 0 Å². The van der Waals surface area contributed by atoms with Gasteiger partial charge in [-0.1, -0.05) is 0 Å². The molecule has 1 unspecified atom stereocenters. The zero-order valence-corrected chi connectivity index (χ0v) is 8.88. The second-order valence-corrected chi connectivity index (χ2v) is 5.21. The van der Waals surface area contributed by atoms with Crippen LogP contribution in [-0.4, -0.2) is 49.3 Å². The highest BCUT2D eigenvalue weighted by molar-refractivity contribution is 7.68. The summed E-state index contributed by atoms with van der Waals surface area (Å²) in [6.45, 7) is 0.806. The first kappa shape index (κ1) is 12.6. The highest BCUT2D eigenvalue weighted by atomic mass is 31.2. The minimum Gasteiger partial charge on any atom is -0.772 e. The van der Waals surface area contributed by atoms with Crippen molar-refractivity contribution >= 4 is 13.2 Å². The lowest BCUT2D eigenvalue weighted by atomic mass is 10.5. The van der Waals surface area contributed by atoms with Crippen LogP contribution in [0.15, 0.2) is 0 Å². The summed E-state index contributed by atoms with van der Waals surface area (Å²) in [4.78, 5) is 29.2. The monoisotopic (exact) mass is 210 g/mol. The minimum atomic E-state index is -4.85. The summed E-state index contributed by atoms with van der Waals surface area (Å²) in [6.07, 6.45) is 0. The molecule has 0 aliphatic heterocycles. The number of hydrogen-bond donors (Lipinski definition) is 2. The Kier molecular flexibility index (Phi) is 4.06. The number of quaternary nitrogens is 1. The van der Waals surface area contributed by atoms with Gasteiger partial charge in [0.05, 0.1) is 34.2 Å². The molecule has 1 atom stereocenters. The van der Waals surface area contributed by atoms with Crippen LogP contribution >= 0.6 is 7.60 Å². The second-order valence-electron chi connectivity index (χ2n) is 3.77. The minimum absolute atomic E-state index is 0.217. The predicted octanol–water partition coefficient (Wildman–Crippen LogP) is -1.05. The van der Waals surface area contributed by atoms with E-state index in [9.17, 15) is 14.3 Å². The molecule has 0 fully saturated rings. The van der Waals surface area contributed by atoms with Gasteiger partial charge < -0.3 is 19.6 Å². The SMILES string of the molecule is C[N+](C)(C)CCNC(=O)P(=O)([O-])O. The van der Waals surface area contributed by atoms with Gasteiger partial charge in [0, 0.05) is 0 Å². The van der Waals surface area contributed by atoms with Crippen LogP contribution in [0.5, 0.6) is 0 Å². The smallest absolute Gasteiger partial charge is 0.291 e. The molecule has 1 amide bonds. The number of amides is 1. The molecule has 13 heavy (non-hydrogen) atoms. The topological polar surface area (TPSA) is 89.5 Å². The lowest BCUT2D eigenvalue weighted by Crippen LogP contribution is -2.42. The summed E-state index contributed by atoms with van der Waals surface area (Å²) in [6, 6.07) is 0. The molecule has 0 aromatic rings. The molecule has 78 valence electrons. The Morgan fingerprint density at radius 3 is 2.31 bits per heavy atom. The molecule has 7 heteroatoms. The third-order valence-electron chi connectivity index (χ3n) is 1.32. The Balaban J connectivity index is 3.81. The third-order valence-corrected chi connectivity index (χ3v) is 1.99. The van der Waals surface area contributed by atoms with Gasteiger partial charge in [-0.15, -0.1) is 0 Å². The summed E-state index contributed by atoms with van der Waals surface area (Å²) in [7, 11) is 0.868. The number of nitrogens with zero attached hydrogens (tertiary/aromatic N) is 1. The van der Waals surface area contributed by atoms with E-state index in [1.54, 1.807) is 0 Å². The number of carbonyl (C=O) groups excluding carboxylic acids is 1. The van der Waals surface area contributed by atoms with Crippen molar-refractivity contribution in [3.8, 4) is 0 Å². The molecule has 0 rings (SSSR count). The molecule has 0 spiro atoms. The van der Waals surface area contributed by atoms with Crippen molar-refractivity contribution < 1.29 is 23.6 Å². The summed E-state index contributed by atoms with van der Waals surface area (Å²) in [5.41, 5.74) is -1.32. The van der Waals surface area contributed by atoms with Crippen LogP contribution in [0.2, 0.25) is 0 Å². The van der Waals surface area contributed by atoms with Gasteiger partial charge in [0.15, 0.2) is 0 Å². The molecule has 0 radical (unpaired) electrons. The van der Waals surface area contributed by atoms with E-state index < -0.39 is 13.2 Å². The highest BCUT2D eigenvalue weighted by Crippen LogP contribution is 2.28. The van der Waals surface area contributed by atoms with Crippen molar-refractivity contribution in [2.24, 2.45) is 0 Å². The fourth-order valence-corrected chi connectivity index (χ4v) is 0.910. The molecule has 0 saturated heterocycles. The van der Waals surface area contributed by atoms with Crippen molar-refractivity contribution in [1.29, 1.82) is 0 Å². The first-order valence-corrected chi connectivity index (χ1v) is 5.33. The van der Waals surface area contributed by atoms with E-state index in [-0.39, 0.29) is 6.54 Å². The summed E-state index contributed by atoms with van der Waals surface area (Å²) in [5.74, 6) is 0. The molecular formula is C6H15N2O4P. The molecule has 2 N–H and O–H groups in total. The zero-order valence-electron chi connectivity index (χ0n) is 7.98. The van der Waals surface area contributed by atoms with E-state index in [1.165, 1.54) is 0 Å². The maximum atomic E-state index is 10.6. The van der Waals surface area contributed by atoms with E-state index in [1.807, 2.05) is 21.1 Å². The largest absolute Gasteiger partial charge is 0.772 e. The molecule has 0 bridgehead atoms. The van der Waals surface area contributed by atoms with Crippen LogP contribution in [0, 0.1) is 0 Å². The van der Waals surface area contributed by atoms with Crippen LogP contribution < -0.4 is 10.2 Å². The average Bonchev–Trinajstić information content (AvgIpc) is 1.82. The predicted molar refractivity (Wildman–Crippen MR) is 46.1 cm³/mol. The van der Waals surface area contributed by atoms with Crippen LogP contribution in [-0.2, 0) is 4.57 Å². The summed E-state index contributed by atoms with van der Waals surface area (Å²) in [5, 5.41) is 2.10. The van der Waals surface area contributed by atoms with Crippen molar-refractivity contribution in [1.82, 2.24) is 5.32 Å². The summed E-state index contributed by atoms with van der Waals surface area (Å²) < 4.78 is 10.9. The maximum Gasteiger partial charge on any atom is 0.291 e. The van der Waals surface area contributed by atoms with Crippen molar-refractivity contribution in [3.63, 3.8) is 0 Å². The van der Waals surface area contributed by atoms with Gasteiger partial charge >= 0.3 is 0 Å². The zero-order chi connectivity index (χ0) is 10.7. The molecular weight excluding hydrogens is 195 g/mol. The fourth-order valence-electron chi connectivity index (χ4n) is 0.598. The first-order chi connectivity index (χ1) is 5.63. The van der Waals surface area contributed by atoms with Gasteiger partial charge in [0.25, 0.3) is 5.65 Å². The number of carbonyl (C=O) groups is 1. The van der Waals surface area contributed by atoms with Gasteiger partial charge in [-0.05, 0) is 0 Å². The van der Waals surface area contributed by atoms with Crippen molar-refractivity contribution in [2.45, 2.75) is 0 Å². The van der Waals surface area contributed by atoms with Gasteiger partial charge in [-0.25, -0.2) is 0 Å². The number of hydrogen-bond acceptors (Lipinski definition) is 3. The molecule has 0 heterocycles. The standard InChI is InChI=1S/C6H15N2O4P/c1-8(2,3)5-4-7-6(9)13(10,11)12/h4-5H2,1-3H3,(H2-,7,9,10,11,12). The number of nitrogens with one attached hydrogen (secondary N) is 1. The quantitative estimate of drug-likeness (QED) is 0.457. The van der Waals surface area contributed by atoms with Gasteiger partial charge in [0.1, 0.15) is 0 Å². The van der Waals surface area contributed by atoms with Crippen LogP contribution in [0.1, 0.15) is 0 Å². The average molecular weight is 210 g/mol. The number of likely N-dealkylation sites (N-methyl/N-ethyl adjacent to an activating group) is 1. The van der Waals surface area contributed by atoms with Crippen LogP contribution in [0.3, 0.4) is 0 Å². The molecule has 0 aliphatic rings. The molecule has 0 aromatic carbocycles. The Morgan fingerprint density at radius 1 is 1.54 bits per heavy atom. The van der Waals surface area contributed by atoms with Crippen molar-refractivity contribution in [3.05, 3.63) is 0 Å². The van der Waals surface area contributed by atoms with E-state index in [2.05, 4.69) is 5.32 Å². The molecule has 0 aliphatic carbocycles. The third kappa shape index (κ3) is 6.72. The van der Waals surface area contributed by atoms with Gasteiger partial charge in [0.2, 0.25) is 7.60 Å². The maximum absolute atomic E-state index is 10.6. The Hall–Kier alpha value is -0.420. The summed E-state index contributed by atoms with van der Waals surface area (Å²) >= 11 is 0. The van der Waals surface area contributed by atoms with Crippen LogP contribution in [0.25, 0.3) is 0 Å². The fraction of sp³-hybridized carbons (Fsp3) is 0.833. The Bertz CT molecular complexity index is 229. The lowest BCUT2D eigenvalue weighted by Gasteiger charge is -2.24. The van der Waals surface area contributed by atoms with Gasteiger partial charge in [-0.3, -0.25) is 9.36 Å². The first-order valence-electron chi connectivity index (χ1n) is 3.75. The molecule has 0 aromatic heterocycles. The highest BCUT2D eigenvalue weighted by Gasteiger charge is 2.15. The number of rotatable bonds is 4. The van der Waals surface area contributed by atoms with Gasteiger partial charge in [-0.2, -0.15) is 0 Å². The van der Waals surface area contributed by atoms with Crippen molar-refractivity contribution in [2.75, 3.05) is 34.2 Å². The second kappa shape index (κ2) is 4.19.